The highest BCUT2D eigenvalue weighted by molar-refractivity contribution is 6.04. The SMILES string of the molecule is COc1cccc(C(=O)Nc2cccc(Nc3ccc4c(c3)CCCCC4=O)c2)c1. The van der Waals surface area contributed by atoms with Crippen LogP contribution in [-0.4, -0.2) is 18.8 Å². The Morgan fingerprint density at radius 2 is 1.63 bits per heavy atom. The summed E-state index contributed by atoms with van der Waals surface area (Å²) in [7, 11) is 1.57. The van der Waals surface area contributed by atoms with Crippen molar-refractivity contribution in [2.24, 2.45) is 0 Å². The van der Waals surface area contributed by atoms with Gasteiger partial charge in [0.1, 0.15) is 5.75 Å². The smallest absolute Gasteiger partial charge is 0.255 e. The van der Waals surface area contributed by atoms with Crippen molar-refractivity contribution in [3.05, 3.63) is 83.4 Å². The fourth-order valence-corrected chi connectivity index (χ4v) is 3.69. The Labute approximate surface area is 176 Å². The largest absolute Gasteiger partial charge is 0.497 e. The van der Waals surface area contributed by atoms with Crippen molar-refractivity contribution in [2.75, 3.05) is 17.7 Å². The molecule has 0 heterocycles. The van der Waals surface area contributed by atoms with Crippen LogP contribution in [0.15, 0.2) is 66.7 Å². The summed E-state index contributed by atoms with van der Waals surface area (Å²) in [5.41, 5.74) is 4.96. The molecule has 0 radical (unpaired) electrons. The highest BCUT2D eigenvalue weighted by Gasteiger charge is 2.15. The average Bonchev–Trinajstić information content (AvgIpc) is 2.95. The van der Waals surface area contributed by atoms with E-state index in [9.17, 15) is 9.59 Å². The van der Waals surface area contributed by atoms with E-state index in [1.165, 1.54) is 0 Å². The molecule has 152 valence electrons. The first-order chi connectivity index (χ1) is 14.6. The van der Waals surface area contributed by atoms with Crippen LogP contribution in [0.25, 0.3) is 0 Å². The van der Waals surface area contributed by atoms with E-state index in [0.29, 0.717) is 23.4 Å². The molecule has 0 bridgehead atoms. The van der Waals surface area contributed by atoms with E-state index >= 15 is 0 Å². The summed E-state index contributed by atoms with van der Waals surface area (Å²) in [6.07, 6.45) is 3.54. The molecule has 0 spiro atoms. The number of carbonyl (C=O) groups excluding carboxylic acids is 2. The summed E-state index contributed by atoms with van der Waals surface area (Å²) in [6, 6.07) is 20.5. The zero-order valence-corrected chi connectivity index (χ0v) is 16.9. The Morgan fingerprint density at radius 1 is 0.867 bits per heavy atom. The summed E-state index contributed by atoms with van der Waals surface area (Å²) in [5, 5.41) is 6.30. The van der Waals surface area contributed by atoms with Gasteiger partial charge in [-0.2, -0.15) is 0 Å². The maximum atomic E-state index is 12.6. The van der Waals surface area contributed by atoms with Gasteiger partial charge in [-0.15, -0.1) is 0 Å². The molecule has 30 heavy (non-hydrogen) atoms. The van der Waals surface area contributed by atoms with Crippen molar-refractivity contribution in [2.45, 2.75) is 25.7 Å². The van der Waals surface area contributed by atoms with E-state index in [4.69, 9.17) is 4.74 Å². The highest BCUT2D eigenvalue weighted by atomic mass is 16.5. The summed E-state index contributed by atoms with van der Waals surface area (Å²) in [4.78, 5) is 24.8. The molecular weight excluding hydrogens is 376 g/mol. The first-order valence-corrected chi connectivity index (χ1v) is 10.1. The van der Waals surface area contributed by atoms with Gasteiger partial charge in [0.25, 0.3) is 5.91 Å². The monoisotopic (exact) mass is 400 g/mol. The van der Waals surface area contributed by atoms with Gasteiger partial charge >= 0.3 is 0 Å². The average molecular weight is 400 g/mol. The molecule has 0 saturated heterocycles. The Hall–Kier alpha value is -3.60. The Balaban J connectivity index is 1.49. The number of methoxy groups -OCH3 is 1. The van der Waals surface area contributed by atoms with Gasteiger partial charge in [0.05, 0.1) is 7.11 Å². The van der Waals surface area contributed by atoms with Crippen LogP contribution in [0.5, 0.6) is 5.75 Å². The predicted octanol–water partition coefficient (Wildman–Crippen LogP) is 5.60. The molecule has 3 aromatic carbocycles. The molecule has 0 aromatic heterocycles. The van der Waals surface area contributed by atoms with Crippen molar-refractivity contribution in [1.29, 1.82) is 0 Å². The maximum Gasteiger partial charge on any atom is 0.255 e. The molecule has 4 rings (SSSR count). The topological polar surface area (TPSA) is 67.4 Å². The molecule has 2 N–H and O–H groups in total. The molecule has 0 saturated carbocycles. The lowest BCUT2D eigenvalue weighted by Crippen LogP contribution is -2.12. The first kappa shape index (κ1) is 19.7. The molecule has 0 aliphatic heterocycles. The van der Waals surface area contributed by atoms with E-state index in [1.807, 2.05) is 36.4 Å². The van der Waals surface area contributed by atoms with E-state index in [0.717, 1.165) is 41.8 Å². The number of Topliss-reactive ketones (excluding diaryl/α,β-unsaturated/α-hetero) is 1. The van der Waals surface area contributed by atoms with E-state index in [-0.39, 0.29) is 11.7 Å². The summed E-state index contributed by atoms with van der Waals surface area (Å²) < 4.78 is 5.18. The second-order valence-electron chi connectivity index (χ2n) is 7.39. The zero-order chi connectivity index (χ0) is 20.9. The summed E-state index contributed by atoms with van der Waals surface area (Å²) in [5.74, 6) is 0.672. The van der Waals surface area contributed by atoms with Crippen molar-refractivity contribution < 1.29 is 14.3 Å². The summed E-state index contributed by atoms with van der Waals surface area (Å²) >= 11 is 0. The third kappa shape index (κ3) is 4.51. The number of aryl methyl sites for hydroxylation is 1. The van der Waals surface area contributed by atoms with Gasteiger partial charge in [-0.1, -0.05) is 12.1 Å². The lowest BCUT2D eigenvalue weighted by atomic mass is 10.0. The molecular formula is C25H24N2O3. The number of benzene rings is 3. The Kier molecular flexibility index (Phi) is 5.80. The normalized spacial score (nSPS) is 13.2. The van der Waals surface area contributed by atoms with E-state index < -0.39 is 0 Å². The quantitative estimate of drug-likeness (QED) is 0.547. The van der Waals surface area contributed by atoms with Gasteiger partial charge in [-0.25, -0.2) is 0 Å². The summed E-state index contributed by atoms with van der Waals surface area (Å²) in [6.45, 7) is 0. The van der Waals surface area contributed by atoms with Crippen LogP contribution < -0.4 is 15.4 Å². The third-order valence-corrected chi connectivity index (χ3v) is 5.25. The van der Waals surface area contributed by atoms with Gasteiger partial charge in [0.15, 0.2) is 5.78 Å². The van der Waals surface area contributed by atoms with Crippen LogP contribution in [0.2, 0.25) is 0 Å². The zero-order valence-electron chi connectivity index (χ0n) is 16.9. The van der Waals surface area contributed by atoms with Gasteiger partial charge in [-0.05, 0) is 79.4 Å². The highest BCUT2D eigenvalue weighted by Crippen LogP contribution is 2.27. The number of rotatable bonds is 5. The van der Waals surface area contributed by atoms with Crippen LogP contribution in [0.3, 0.4) is 0 Å². The molecule has 0 atom stereocenters. The van der Waals surface area contributed by atoms with E-state index in [2.05, 4.69) is 16.7 Å². The number of ketones is 1. The van der Waals surface area contributed by atoms with Gasteiger partial charge < -0.3 is 15.4 Å². The van der Waals surface area contributed by atoms with Crippen LogP contribution in [-0.2, 0) is 6.42 Å². The van der Waals surface area contributed by atoms with Crippen molar-refractivity contribution in [1.82, 2.24) is 0 Å². The molecule has 1 amide bonds. The molecule has 1 aliphatic rings. The lowest BCUT2D eigenvalue weighted by molar-refractivity contribution is 0.0980. The van der Waals surface area contributed by atoms with Crippen molar-refractivity contribution >= 4 is 28.8 Å². The number of anilines is 3. The number of fused-ring (bicyclic) bond motifs is 1. The van der Waals surface area contributed by atoms with Crippen LogP contribution in [0.4, 0.5) is 17.1 Å². The van der Waals surface area contributed by atoms with Crippen LogP contribution in [0, 0.1) is 0 Å². The van der Waals surface area contributed by atoms with Crippen molar-refractivity contribution in [3.63, 3.8) is 0 Å². The lowest BCUT2D eigenvalue weighted by Gasteiger charge is -2.12. The second kappa shape index (κ2) is 8.82. The maximum absolute atomic E-state index is 12.6. The number of carbonyl (C=O) groups is 2. The van der Waals surface area contributed by atoms with Crippen LogP contribution in [0.1, 0.15) is 45.5 Å². The number of hydrogen-bond acceptors (Lipinski definition) is 4. The Morgan fingerprint density at radius 3 is 2.50 bits per heavy atom. The van der Waals surface area contributed by atoms with Crippen LogP contribution >= 0.6 is 0 Å². The molecule has 5 heteroatoms. The third-order valence-electron chi connectivity index (χ3n) is 5.25. The molecule has 5 nitrogen and oxygen atoms in total. The van der Waals surface area contributed by atoms with Crippen molar-refractivity contribution in [3.8, 4) is 5.75 Å². The minimum absolute atomic E-state index is 0.199. The van der Waals surface area contributed by atoms with E-state index in [1.54, 1.807) is 31.4 Å². The fourth-order valence-electron chi connectivity index (χ4n) is 3.69. The fraction of sp³-hybridized carbons (Fsp3) is 0.200. The van der Waals surface area contributed by atoms with Gasteiger partial charge in [-0.3, -0.25) is 9.59 Å². The molecule has 3 aromatic rings. The van der Waals surface area contributed by atoms with Gasteiger partial charge in [0, 0.05) is 34.6 Å². The number of nitrogens with one attached hydrogen (secondary N) is 2. The minimum Gasteiger partial charge on any atom is -0.497 e. The molecule has 1 aliphatic carbocycles. The second-order valence-corrected chi connectivity index (χ2v) is 7.39. The predicted molar refractivity (Wildman–Crippen MR) is 119 cm³/mol. The van der Waals surface area contributed by atoms with Gasteiger partial charge in [0.2, 0.25) is 0 Å². The Bertz CT molecular complexity index is 1090. The number of ether oxygens (including phenoxy) is 1. The minimum atomic E-state index is -0.199. The number of amides is 1. The first-order valence-electron chi connectivity index (χ1n) is 10.1. The number of hydrogen-bond donors (Lipinski definition) is 2. The standard InChI is InChI=1S/C25H24N2O3/c1-30-22-10-4-7-18(15-22)25(29)27-20-9-5-8-19(16-20)26-21-12-13-23-17(14-21)6-2-3-11-24(23)28/h4-5,7-10,12-16,26H,2-3,6,11H2,1H3,(H,27,29). The molecule has 0 fully saturated rings. The molecule has 0 unspecified atom stereocenters.